The van der Waals surface area contributed by atoms with Gasteiger partial charge >= 0.3 is 0 Å². The highest BCUT2D eigenvalue weighted by Crippen LogP contribution is 2.37. The Kier molecular flexibility index (Phi) is 6.68. The van der Waals surface area contributed by atoms with Gasteiger partial charge in [-0.3, -0.25) is 18.9 Å². The van der Waals surface area contributed by atoms with Gasteiger partial charge in [-0.2, -0.15) is 0 Å². The summed E-state index contributed by atoms with van der Waals surface area (Å²) < 4.78 is 40.1. The van der Waals surface area contributed by atoms with Crippen LogP contribution in [0.4, 0.5) is 15.9 Å². The van der Waals surface area contributed by atoms with Crippen molar-refractivity contribution in [1.82, 2.24) is 14.3 Å². The lowest BCUT2D eigenvalue weighted by molar-refractivity contribution is -0.123. The van der Waals surface area contributed by atoms with Crippen LogP contribution in [0, 0.1) is 5.82 Å². The summed E-state index contributed by atoms with van der Waals surface area (Å²) in [4.78, 5) is 37.4. The minimum Gasteiger partial charge on any atom is -0.366 e. The predicted molar refractivity (Wildman–Crippen MR) is 154 cm³/mol. The first-order valence-corrected chi connectivity index (χ1v) is 15.5. The van der Waals surface area contributed by atoms with E-state index in [1.165, 1.54) is 21.4 Å². The molecule has 5 heterocycles. The van der Waals surface area contributed by atoms with Gasteiger partial charge in [0, 0.05) is 32.4 Å². The van der Waals surface area contributed by atoms with Crippen LogP contribution in [-0.4, -0.2) is 76.7 Å². The summed E-state index contributed by atoms with van der Waals surface area (Å²) in [7, 11) is -3.22. The maximum atomic E-state index is 14.4. The molecule has 202 valence electrons. The molecule has 9 nitrogen and oxygen atoms in total. The van der Waals surface area contributed by atoms with Crippen molar-refractivity contribution in [2.75, 3.05) is 47.5 Å². The maximum Gasteiger partial charge on any atom is 0.267 e. The molecule has 0 N–H and O–H groups in total. The molecule has 0 aliphatic carbocycles. The number of rotatable bonds is 4. The molecule has 3 aromatic rings. The fraction of sp³-hybridized carbons (Fsp3) is 0.308. The first-order chi connectivity index (χ1) is 18.7. The molecule has 1 aromatic carbocycles. The molecule has 3 fully saturated rings. The van der Waals surface area contributed by atoms with E-state index in [9.17, 15) is 22.4 Å². The Morgan fingerprint density at radius 3 is 2.46 bits per heavy atom. The van der Waals surface area contributed by atoms with E-state index in [0.717, 1.165) is 11.8 Å². The molecule has 3 saturated heterocycles. The zero-order valence-corrected chi connectivity index (χ0v) is 23.1. The van der Waals surface area contributed by atoms with E-state index in [0.29, 0.717) is 49.8 Å². The number of halogens is 1. The number of nitrogens with zero attached hydrogens (tertiary/aromatic N) is 5. The van der Waals surface area contributed by atoms with Gasteiger partial charge in [0.15, 0.2) is 9.84 Å². The normalized spacial score (nSPS) is 22.4. The zero-order chi connectivity index (χ0) is 27.3. The van der Waals surface area contributed by atoms with Crippen molar-refractivity contribution in [2.45, 2.75) is 12.5 Å². The highest BCUT2D eigenvalue weighted by molar-refractivity contribution is 8.26. The smallest absolute Gasteiger partial charge is 0.267 e. The molecule has 0 spiro atoms. The van der Waals surface area contributed by atoms with E-state index in [4.69, 9.17) is 17.2 Å². The molecule has 3 aliphatic rings. The quantitative estimate of drug-likeness (QED) is 0.338. The standard InChI is InChI=1S/C26H24FN5O4S3/c27-19-5-1-2-6-20(19)29-10-12-30(13-11-29)23-18(24(33)31-9-4-3-7-22(31)28-23)15-21-25(34)32(26(37)38-21)17-8-14-39(35,36)16-17/h1-7,9,15,17H,8,10-14,16H2/b21-15-. The van der Waals surface area contributed by atoms with Gasteiger partial charge < -0.3 is 9.80 Å². The van der Waals surface area contributed by atoms with Gasteiger partial charge in [0.05, 0.1) is 33.7 Å². The summed E-state index contributed by atoms with van der Waals surface area (Å²) in [5.74, 6) is -0.351. The number of thiocarbonyl (C=S) groups is 1. The van der Waals surface area contributed by atoms with Crippen LogP contribution < -0.4 is 15.4 Å². The Labute approximate surface area is 233 Å². The van der Waals surface area contributed by atoms with E-state index in [1.807, 2.05) is 9.80 Å². The molecule has 1 amide bonds. The van der Waals surface area contributed by atoms with Crippen LogP contribution >= 0.6 is 24.0 Å². The fourth-order valence-electron chi connectivity index (χ4n) is 5.23. The Morgan fingerprint density at radius 1 is 1.03 bits per heavy atom. The lowest BCUT2D eigenvalue weighted by atomic mass is 10.2. The lowest BCUT2D eigenvalue weighted by Gasteiger charge is -2.37. The molecule has 0 radical (unpaired) electrons. The van der Waals surface area contributed by atoms with E-state index >= 15 is 0 Å². The minimum atomic E-state index is -3.22. The van der Waals surface area contributed by atoms with Crippen LogP contribution in [-0.2, 0) is 14.6 Å². The van der Waals surface area contributed by atoms with Crippen LogP contribution in [0.5, 0.6) is 0 Å². The van der Waals surface area contributed by atoms with Gasteiger partial charge in [-0.15, -0.1) is 0 Å². The highest BCUT2D eigenvalue weighted by atomic mass is 32.2. The van der Waals surface area contributed by atoms with Gasteiger partial charge in [-0.25, -0.2) is 17.8 Å². The number of anilines is 2. The minimum absolute atomic E-state index is 0.0206. The third-order valence-electron chi connectivity index (χ3n) is 7.19. The number of thioether (sulfide) groups is 1. The summed E-state index contributed by atoms with van der Waals surface area (Å²) in [5, 5.41) is 0. The molecular formula is C26H24FN5O4S3. The summed E-state index contributed by atoms with van der Waals surface area (Å²) in [6.07, 6.45) is 3.48. The second-order valence-corrected chi connectivity index (χ2v) is 13.5. The number of para-hydroxylation sites is 1. The van der Waals surface area contributed by atoms with Crippen molar-refractivity contribution in [1.29, 1.82) is 0 Å². The third kappa shape index (κ3) is 4.83. The van der Waals surface area contributed by atoms with E-state index in [-0.39, 0.29) is 37.7 Å². The summed E-state index contributed by atoms with van der Waals surface area (Å²) in [5.41, 5.74) is 0.912. The van der Waals surface area contributed by atoms with Crippen LogP contribution in [0.1, 0.15) is 12.0 Å². The topological polar surface area (TPSA) is 95.3 Å². The first kappa shape index (κ1) is 26.0. The van der Waals surface area contributed by atoms with E-state index < -0.39 is 21.8 Å². The molecular weight excluding hydrogens is 562 g/mol. The number of hydrogen-bond donors (Lipinski definition) is 0. The molecule has 1 unspecified atom stereocenters. The second kappa shape index (κ2) is 10.0. The zero-order valence-electron chi connectivity index (χ0n) is 20.7. The number of carbonyl (C=O) groups is 1. The van der Waals surface area contributed by atoms with Gasteiger partial charge in [0.1, 0.15) is 21.6 Å². The van der Waals surface area contributed by atoms with Crippen molar-refractivity contribution in [3.05, 3.63) is 75.3 Å². The number of aromatic nitrogens is 2. The lowest BCUT2D eigenvalue weighted by Crippen LogP contribution is -2.47. The third-order valence-corrected chi connectivity index (χ3v) is 10.3. The number of sulfone groups is 1. The Bertz CT molecular complexity index is 1700. The average molecular weight is 586 g/mol. The molecule has 0 saturated carbocycles. The van der Waals surface area contributed by atoms with Crippen molar-refractivity contribution in [3.63, 3.8) is 0 Å². The average Bonchev–Trinajstić information content (AvgIpc) is 3.42. The van der Waals surface area contributed by atoms with Crippen LogP contribution in [0.3, 0.4) is 0 Å². The predicted octanol–water partition coefficient (Wildman–Crippen LogP) is 2.55. The van der Waals surface area contributed by atoms with Gasteiger partial charge in [0.25, 0.3) is 11.5 Å². The maximum absolute atomic E-state index is 14.4. The number of pyridine rings is 1. The largest absolute Gasteiger partial charge is 0.366 e. The molecule has 1 atom stereocenters. The highest BCUT2D eigenvalue weighted by Gasteiger charge is 2.42. The number of piperazine rings is 1. The summed E-state index contributed by atoms with van der Waals surface area (Å²) >= 11 is 6.51. The van der Waals surface area contributed by atoms with Crippen molar-refractivity contribution >= 4 is 67.3 Å². The monoisotopic (exact) mass is 585 g/mol. The number of amides is 1. The van der Waals surface area contributed by atoms with Crippen molar-refractivity contribution < 1.29 is 17.6 Å². The van der Waals surface area contributed by atoms with Crippen molar-refractivity contribution in [3.8, 4) is 0 Å². The van der Waals surface area contributed by atoms with E-state index in [1.54, 1.807) is 42.6 Å². The van der Waals surface area contributed by atoms with Gasteiger partial charge in [0.2, 0.25) is 0 Å². The SMILES string of the molecule is O=C1/C(=C/c2c(N3CCN(c4ccccc4F)CC3)nc3ccccn3c2=O)SC(=S)N1C1CCS(=O)(=O)C1. The molecule has 6 rings (SSSR count). The number of hydrogen-bond acceptors (Lipinski definition) is 9. The summed E-state index contributed by atoms with van der Waals surface area (Å²) in [6.45, 7) is 2.03. The Morgan fingerprint density at radius 2 is 1.74 bits per heavy atom. The van der Waals surface area contributed by atoms with E-state index in [2.05, 4.69) is 0 Å². The molecule has 0 bridgehead atoms. The summed E-state index contributed by atoms with van der Waals surface area (Å²) in [6, 6.07) is 11.4. The van der Waals surface area contributed by atoms with Crippen molar-refractivity contribution in [2.24, 2.45) is 0 Å². The molecule has 2 aromatic heterocycles. The van der Waals surface area contributed by atoms with Gasteiger partial charge in [-0.1, -0.05) is 42.2 Å². The number of benzene rings is 1. The Balaban J connectivity index is 1.35. The van der Waals surface area contributed by atoms with Crippen LogP contribution in [0.25, 0.3) is 11.7 Å². The fourth-order valence-corrected chi connectivity index (χ4v) is 8.31. The van der Waals surface area contributed by atoms with Gasteiger partial charge in [-0.05, 0) is 36.8 Å². The molecule has 13 heteroatoms. The molecule has 3 aliphatic heterocycles. The van der Waals surface area contributed by atoms with Crippen LogP contribution in [0.15, 0.2) is 58.4 Å². The second-order valence-electron chi connectivity index (χ2n) is 9.62. The molecule has 39 heavy (non-hydrogen) atoms. The van der Waals surface area contributed by atoms with Crippen LogP contribution in [0.2, 0.25) is 0 Å². The number of carbonyl (C=O) groups excluding carboxylic acids is 1. The first-order valence-electron chi connectivity index (χ1n) is 12.5. The number of fused-ring (bicyclic) bond motifs is 1. The Hall–Kier alpha value is -3.29.